The van der Waals surface area contributed by atoms with E-state index in [1.807, 2.05) is 48.5 Å². The summed E-state index contributed by atoms with van der Waals surface area (Å²) in [6.07, 6.45) is 1.54. The Morgan fingerprint density at radius 3 is 1.55 bits per heavy atom. The summed E-state index contributed by atoms with van der Waals surface area (Å²) in [7, 11) is 8.32. The van der Waals surface area contributed by atoms with E-state index in [9.17, 15) is 72.6 Å². The fourth-order valence-electron chi connectivity index (χ4n) is 12.1. The Morgan fingerprint density at radius 2 is 1.03 bits per heavy atom. The van der Waals surface area contributed by atoms with Crippen LogP contribution in [0.4, 0.5) is 0 Å². The normalized spacial score (nSPS) is 15.7. The summed E-state index contributed by atoms with van der Waals surface area (Å²) in [5.74, 6) is -10.1. The topological polar surface area (TPSA) is 436 Å². The molecule has 11 N–H and O–H groups in total. The molecule has 12 atom stereocenters. The van der Waals surface area contributed by atoms with Gasteiger partial charge >= 0.3 is 5.97 Å². The minimum Gasteiger partial charge on any atom is -0.480 e. The average Bonchev–Trinajstić information content (AvgIpc) is 1.61. The summed E-state index contributed by atoms with van der Waals surface area (Å²) in [6.45, 7) is 18.8. The summed E-state index contributed by atoms with van der Waals surface area (Å²) in [4.78, 5) is 192. The second-order valence-electron chi connectivity index (χ2n) is 29.3. The third-order valence-electron chi connectivity index (χ3n) is 18.4. The lowest BCUT2D eigenvalue weighted by molar-refractivity contribution is -0.150. The van der Waals surface area contributed by atoms with E-state index in [-0.39, 0.29) is 80.4 Å². The highest BCUT2D eigenvalue weighted by molar-refractivity contribution is 8.77. The lowest BCUT2D eigenvalue weighted by Gasteiger charge is -2.36. The van der Waals surface area contributed by atoms with Crippen LogP contribution in [-0.4, -0.2) is 242 Å². The number of amides is 12. The van der Waals surface area contributed by atoms with E-state index in [2.05, 4.69) is 52.8 Å². The molecule has 0 bridgehead atoms. The van der Waals surface area contributed by atoms with Gasteiger partial charge in [0.15, 0.2) is 0 Å². The van der Waals surface area contributed by atoms with E-state index in [1.165, 1.54) is 87.3 Å². The first-order chi connectivity index (χ1) is 51.4. The molecule has 1 aliphatic rings. The van der Waals surface area contributed by atoms with E-state index in [4.69, 9.17) is 5.53 Å². The number of hydrogen-bond acceptors (Lipinski definition) is 18. The highest BCUT2D eigenvalue weighted by atomic mass is 33.1. The van der Waals surface area contributed by atoms with Gasteiger partial charge in [-0.2, -0.15) is 10.4 Å². The molecule has 109 heavy (non-hydrogen) atoms. The van der Waals surface area contributed by atoms with Crippen LogP contribution >= 0.6 is 21.6 Å². The number of nitrogens with one attached hydrogen (secondary N) is 9. The first-order valence-corrected chi connectivity index (χ1v) is 39.0. The van der Waals surface area contributed by atoms with Crippen molar-refractivity contribution in [3.63, 3.8) is 0 Å². The predicted molar refractivity (Wildman–Crippen MR) is 415 cm³/mol. The van der Waals surface area contributed by atoms with E-state index < -0.39 is 156 Å². The molecule has 32 nitrogen and oxygen atoms in total. The Balaban J connectivity index is 1.53. The van der Waals surface area contributed by atoms with Crippen molar-refractivity contribution >= 4 is 98.4 Å². The van der Waals surface area contributed by atoms with Gasteiger partial charge in [0.1, 0.15) is 72.5 Å². The molecule has 1 saturated heterocycles. The molecular weight excluding hydrogens is 1440 g/mol. The van der Waals surface area contributed by atoms with Gasteiger partial charge in [-0.25, -0.2) is 4.79 Å². The maximum atomic E-state index is 14.9. The Labute approximate surface area is 646 Å². The minimum atomic E-state index is -1.32. The van der Waals surface area contributed by atoms with Gasteiger partial charge in [-0.15, -0.1) is 5.53 Å². The number of carbonyl (C=O) groups excluding carboxylic acids is 12. The lowest BCUT2D eigenvalue weighted by Crippen LogP contribution is -2.60. The first kappa shape index (κ1) is 91.9. The van der Waals surface area contributed by atoms with Gasteiger partial charge in [0.05, 0.1) is 13.1 Å². The zero-order chi connectivity index (χ0) is 81.4. The number of aliphatic carboxylic acids is 1. The molecule has 0 unspecified atom stereocenters. The van der Waals surface area contributed by atoms with Crippen molar-refractivity contribution in [2.75, 3.05) is 53.6 Å². The standard InChI is InChI=1S/C75H113N17O15S2/c1-45(2)38-57(84-65(96)54(34-25-26-36-77-87-86-76)82-66(97)55(81-62(93)43-78-107)40-51-28-19-16-20-29-51)71(102)89(13)50(8)70(101)90(14)60(39-46(3)4)68(99)80-48(6)69(100)91(15)61(42-53-32-23-18-24-33-53)73(104)88(12)49(7)64(95)79-47(5)63(94)83-56(41-52-30-21-17-22-31-52)67(98)85-58(44-108-109-75(9,10)11)72(103)92-37-27-35-59(92)74(105)106/h16-24,28-33,45-50,54-61,77-78,107H,25-27,34-44H2,1-15H3,(H,79,95)(H,80,99)(H,81,93)(H,82,97)(H,83,94)(H,84,96)(H,85,98)(H,105,106)/t47-,48-,49-,50-,54-,55-,56-,57-,58-,59-,60-,61-/m0/s1. The van der Waals surface area contributed by atoms with Gasteiger partial charge in [0, 0.05) is 64.5 Å². The summed E-state index contributed by atoms with van der Waals surface area (Å²) in [5.41, 5.74) is 15.0. The van der Waals surface area contributed by atoms with Crippen molar-refractivity contribution in [2.45, 2.75) is 218 Å². The number of likely N-dealkylation sites (tertiary alicyclic amines) is 1. The molecule has 1 aliphatic heterocycles. The van der Waals surface area contributed by atoms with E-state index in [0.29, 0.717) is 36.0 Å². The van der Waals surface area contributed by atoms with Crippen molar-refractivity contribution in [2.24, 2.45) is 17.1 Å². The number of likely N-dealkylation sites (N-methyl/N-ethyl adjacent to an activating group) is 4. The number of benzene rings is 3. The summed E-state index contributed by atoms with van der Waals surface area (Å²) < 4.78 is -0.229. The molecule has 3 aromatic rings. The molecule has 4 rings (SSSR count). The Hall–Kier alpha value is -9.50. The number of unbranched alkanes of at least 4 members (excludes halogenated alkanes) is 1. The maximum absolute atomic E-state index is 14.9. The summed E-state index contributed by atoms with van der Waals surface area (Å²) in [6, 6.07) is 11.4. The smallest absolute Gasteiger partial charge is 0.326 e. The Bertz CT molecular complexity index is 3590. The number of azide groups is 1. The summed E-state index contributed by atoms with van der Waals surface area (Å²) in [5, 5.41) is 41.5. The summed E-state index contributed by atoms with van der Waals surface area (Å²) >= 11 is 0. The largest absolute Gasteiger partial charge is 0.480 e. The molecule has 3 aromatic carbocycles. The van der Waals surface area contributed by atoms with Crippen molar-refractivity contribution < 1.29 is 72.6 Å². The second-order valence-corrected chi connectivity index (χ2v) is 32.4. The average molecular weight is 1560 g/mol. The molecule has 0 radical (unpaired) electrons. The first-order valence-electron chi connectivity index (χ1n) is 36.7. The van der Waals surface area contributed by atoms with Gasteiger partial charge in [-0.1, -0.05) is 161 Å². The van der Waals surface area contributed by atoms with Crippen molar-refractivity contribution in [1.82, 2.24) is 72.6 Å². The van der Waals surface area contributed by atoms with E-state index >= 15 is 0 Å². The van der Waals surface area contributed by atoms with Crippen LogP contribution in [0.2, 0.25) is 0 Å². The zero-order valence-corrected chi connectivity index (χ0v) is 66.9. The van der Waals surface area contributed by atoms with Crippen LogP contribution in [0.1, 0.15) is 138 Å². The highest BCUT2D eigenvalue weighted by Gasteiger charge is 2.42. The van der Waals surface area contributed by atoms with Crippen LogP contribution in [0.15, 0.2) is 96.2 Å². The van der Waals surface area contributed by atoms with E-state index in [0.717, 1.165) is 14.7 Å². The number of rotatable bonds is 44. The number of carboxylic acids is 1. The van der Waals surface area contributed by atoms with Crippen LogP contribution in [0, 0.1) is 11.8 Å². The predicted octanol–water partition coefficient (Wildman–Crippen LogP) is 3.81. The van der Waals surface area contributed by atoms with Crippen LogP contribution in [0.3, 0.4) is 0 Å². The molecule has 1 fully saturated rings. The number of hydroxylamine groups is 1. The molecule has 0 aliphatic carbocycles. The molecule has 12 amide bonds. The van der Waals surface area contributed by atoms with Crippen LogP contribution < -0.4 is 48.1 Å². The SMILES string of the molecule is CC(C)C[C@H](NC(=O)[C@H](CCCCNN=[N+]=[N-])NC(=O)[C@H](Cc1ccccc1)NC(=O)CNO)C(=O)N(C)[C@@H](C)C(=O)N(C)[C@@H](CC(C)C)C(=O)N[C@@H](C)C(=O)N(C)[C@@H](Cc1ccccc1)C(=O)N(C)[C@@H](C)C(=O)N[C@@H](C)C(=O)N[C@@H](Cc1ccccc1)C(=O)N[C@@H](CSSC(C)(C)C)C(=O)N1CCC[C@H]1C(=O)O. The van der Waals surface area contributed by atoms with Gasteiger partial charge in [-0.3, -0.25) is 63.0 Å². The second kappa shape index (κ2) is 45.5. The maximum Gasteiger partial charge on any atom is 0.326 e. The third kappa shape index (κ3) is 30.1. The molecule has 34 heteroatoms. The number of carboxylic acid groups (broad SMARTS) is 1. The third-order valence-corrected chi connectivity index (χ3v) is 21.8. The highest BCUT2D eigenvalue weighted by Crippen LogP contribution is 2.36. The van der Waals surface area contributed by atoms with Gasteiger partial charge in [0.25, 0.3) is 0 Å². The Kier molecular flexibility index (Phi) is 38.3. The molecule has 0 saturated carbocycles. The van der Waals surface area contributed by atoms with Gasteiger partial charge < -0.3 is 72.0 Å². The minimum absolute atomic E-state index is 0.0100. The van der Waals surface area contributed by atoms with E-state index in [1.54, 1.807) is 96.5 Å². The van der Waals surface area contributed by atoms with Gasteiger partial charge in [-0.05, 0) is 106 Å². The quantitative estimate of drug-likeness (QED) is 0.00957. The van der Waals surface area contributed by atoms with Crippen LogP contribution in [-0.2, 0) is 81.6 Å². The number of carbonyl (C=O) groups is 13. The number of nitrogens with zero attached hydrogens (tertiary/aromatic N) is 8. The fourth-order valence-corrected chi connectivity index (χ4v) is 14.5. The van der Waals surface area contributed by atoms with Gasteiger partial charge in [0.2, 0.25) is 70.9 Å². The fraction of sp³-hybridized carbons (Fsp3) is 0.587. The number of hydrogen-bond donors (Lipinski definition) is 11. The molecule has 0 aromatic heterocycles. The van der Waals surface area contributed by atoms with Crippen LogP contribution in [0.25, 0.3) is 10.4 Å². The van der Waals surface area contributed by atoms with Crippen molar-refractivity contribution in [3.05, 3.63) is 118 Å². The van der Waals surface area contributed by atoms with Crippen LogP contribution in [0.5, 0.6) is 0 Å². The lowest BCUT2D eigenvalue weighted by atomic mass is 9.99. The zero-order valence-electron chi connectivity index (χ0n) is 65.2. The van der Waals surface area contributed by atoms with Crippen molar-refractivity contribution in [3.8, 4) is 0 Å². The molecule has 0 spiro atoms. The molecular formula is C75H113N17O15S2. The van der Waals surface area contributed by atoms with Crippen molar-refractivity contribution in [1.29, 1.82) is 0 Å². The monoisotopic (exact) mass is 1560 g/mol. The molecule has 1 heterocycles. The Morgan fingerprint density at radius 1 is 0.541 bits per heavy atom. The molecule has 600 valence electrons.